The number of hydrogen-bond acceptors (Lipinski definition) is 2. The van der Waals surface area contributed by atoms with Crippen molar-refractivity contribution in [2.24, 2.45) is 7.05 Å². The van der Waals surface area contributed by atoms with Crippen LogP contribution in [0.2, 0.25) is 0 Å². The van der Waals surface area contributed by atoms with Crippen LogP contribution in [0, 0.1) is 0 Å². The number of halogens is 1. The summed E-state index contributed by atoms with van der Waals surface area (Å²) in [7, 11) is 1.83. The van der Waals surface area contributed by atoms with E-state index in [1.165, 1.54) is 6.42 Å². The number of benzene rings is 1. The summed E-state index contributed by atoms with van der Waals surface area (Å²) in [6.45, 7) is 1.93. The first-order chi connectivity index (χ1) is 8.70. The van der Waals surface area contributed by atoms with Gasteiger partial charge in [0.15, 0.2) is 0 Å². The van der Waals surface area contributed by atoms with E-state index >= 15 is 0 Å². The van der Waals surface area contributed by atoms with Crippen LogP contribution in [0.3, 0.4) is 0 Å². The van der Waals surface area contributed by atoms with E-state index in [0.717, 1.165) is 41.4 Å². The van der Waals surface area contributed by atoms with Crippen molar-refractivity contribution < 1.29 is 0 Å². The molecule has 96 valence electrons. The van der Waals surface area contributed by atoms with Crippen LogP contribution in [-0.2, 0) is 7.05 Å². The fourth-order valence-corrected chi connectivity index (χ4v) is 3.32. The highest BCUT2D eigenvalue weighted by atomic mass is 79.9. The van der Waals surface area contributed by atoms with Crippen LogP contribution in [0.15, 0.2) is 27.5 Å². The number of fused-ring (bicyclic) bond motifs is 1. The number of rotatable bonds is 1. The first kappa shape index (κ1) is 11.8. The number of aryl methyl sites for hydroxylation is 1. The molecule has 1 aliphatic heterocycles. The Morgan fingerprint density at radius 2 is 1.89 bits per heavy atom. The molecule has 0 atom stereocenters. The number of hydrogen-bond donors (Lipinski definition) is 0. The topological polar surface area (TPSA) is 30.2 Å². The van der Waals surface area contributed by atoms with Crippen molar-refractivity contribution in [2.45, 2.75) is 19.3 Å². The Balaban J connectivity index is 2.25. The molecule has 0 radical (unpaired) electrons. The van der Waals surface area contributed by atoms with Gasteiger partial charge >= 0.3 is 5.69 Å². The van der Waals surface area contributed by atoms with Crippen molar-refractivity contribution in [3.05, 3.63) is 33.2 Å². The van der Waals surface area contributed by atoms with E-state index in [2.05, 4.69) is 20.9 Å². The normalized spacial score (nSPS) is 16.4. The van der Waals surface area contributed by atoms with Gasteiger partial charge in [0.2, 0.25) is 0 Å². The molecule has 0 amide bonds. The lowest BCUT2D eigenvalue weighted by atomic mass is 10.2. The van der Waals surface area contributed by atoms with Gasteiger partial charge in [-0.15, -0.1) is 0 Å². The maximum Gasteiger partial charge on any atom is 0.347 e. The Morgan fingerprint density at radius 1 is 1.17 bits per heavy atom. The van der Waals surface area contributed by atoms with Gasteiger partial charge in [-0.2, -0.15) is 0 Å². The predicted octanol–water partition coefficient (Wildman–Crippen LogP) is 2.22. The highest BCUT2D eigenvalue weighted by Crippen LogP contribution is 2.23. The smallest absolute Gasteiger partial charge is 0.308 e. The maximum absolute atomic E-state index is 12.4. The van der Waals surface area contributed by atoms with E-state index in [1.54, 1.807) is 4.57 Å². The number of imidazole rings is 1. The molecule has 1 aromatic heterocycles. The Kier molecular flexibility index (Phi) is 2.93. The summed E-state index contributed by atoms with van der Waals surface area (Å²) in [4.78, 5) is 12.4. The monoisotopic (exact) mass is 309 g/mol. The van der Waals surface area contributed by atoms with Gasteiger partial charge in [0.25, 0.3) is 0 Å². The van der Waals surface area contributed by atoms with Gasteiger partial charge in [-0.3, -0.25) is 4.57 Å². The zero-order chi connectivity index (χ0) is 12.7. The zero-order valence-electron chi connectivity index (χ0n) is 10.4. The Bertz CT molecular complexity index is 637. The fourth-order valence-electron chi connectivity index (χ4n) is 2.70. The summed E-state index contributed by atoms with van der Waals surface area (Å²) in [6, 6.07) is 5.96. The summed E-state index contributed by atoms with van der Waals surface area (Å²) < 4.78 is 4.52. The summed E-state index contributed by atoms with van der Waals surface area (Å²) in [5.74, 6) is 0. The summed E-state index contributed by atoms with van der Waals surface area (Å²) in [5, 5.41) is 2.17. The first-order valence-electron chi connectivity index (χ1n) is 6.31. The average Bonchev–Trinajstić information content (AvgIpc) is 2.64. The van der Waals surface area contributed by atoms with Crippen LogP contribution in [0.1, 0.15) is 19.3 Å². The van der Waals surface area contributed by atoms with E-state index in [9.17, 15) is 4.79 Å². The van der Waals surface area contributed by atoms with Gasteiger partial charge < -0.3 is 5.01 Å². The minimum atomic E-state index is 0.0406. The summed E-state index contributed by atoms with van der Waals surface area (Å²) >= 11 is 3.53. The second-order valence-corrected chi connectivity index (χ2v) is 5.63. The van der Waals surface area contributed by atoms with Crippen LogP contribution in [0.5, 0.6) is 0 Å². The molecule has 0 aliphatic carbocycles. The lowest BCUT2D eigenvalue weighted by Gasteiger charge is -2.29. The Hall–Kier alpha value is -1.23. The van der Waals surface area contributed by atoms with Gasteiger partial charge in [-0.1, -0.05) is 6.07 Å². The number of para-hydroxylation sites is 1. The fraction of sp³-hybridized carbons (Fsp3) is 0.462. The van der Waals surface area contributed by atoms with Crippen molar-refractivity contribution >= 4 is 27.0 Å². The molecule has 5 heteroatoms. The van der Waals surface area contributed by atoms with Crippen molar-refractivity contribution in [3.8, 4) is 0 Å². The number of nitrogens with zero attached hydrogens (tertiary/aromatic N) is 3. The highest BCUT2D eigenvalue weighted by molar-refractivity contribution is 9.10. The van der Waals surface area contributed by atoms with Crippen LogP contribution in [0.4, 0.5) is 0 Å². The molecule has 4 nitrogen and oxygen atoms in total. The molecule has 0 N–H and O–H groups in total. The van der Waals surface area contributed by atoms with Crippen molar-refractivity contribution in [1.29, 1.82) is 0 Å². The van der Waals surface area contributed by atoms with E-state index in [1.807, 2.05) is 29.9 Å². The van der Waals surface area contributed by atoms with E-state index in [-0.39, 0.29) is 5.69 Å². The summed E-state index contributed by atoms with van der Waals surface area (Å²) in [6.07, 6.45) is 3.59. The minimum absolute atomic E-state index is 0.0406. The van der Waals surface area contributed by atoms with E-state index in [4.69, 9.17) is 0 Å². The number of piperidine rings is 1. The molecule has 0 saturated carbocycles. The van der Waals surface area contributed by atoms with Crippen LogP contribution < -0.4 is 10.7 Å². The molecule has 2 heterocycles. The third-order valence-corrected chi connectivity index (χ3v) is 4.25. The standard InChI is InChI=1S/C13H16BrN3O/c1-15-12-10(14)6-5-7-11(12)17(13(15)18)16-8-3-2-4-9-16/h5-7H,2-4,8-9H2,1H3. The van der Waals surface area contributed by atoms with Crippen molar-refractivity contribution in [3.63, 3.8) is 0 Å². The molecule has 3 rings (SSSR count). The lowest BCUT2D eigenvalue weighted by Crippen LogP contribution is -2.45. The molecular formula is C13H16BrN3O. The van der Waals surface area contributed by atoms with Gasteiger partial charge in [-0.25, -0.2) is 9.47 Å². The molecule has 1 saturated heterocycles. The number of aromatic nitrogens is 2. The van der Waals surface area contributed by atoms with E-state index < -0.39 is 0 Å². The second kappa shape index (κ2) is 4.46. The molecule has 0 spiro atoms. The second-order valence-electron chi connectivity index (χ2n) is 4.78. The minimum Gasteiger partial charge on any atom is -0.308 e. The third-order valence-electron chi connectivity index (χ3n) is 3.61. The van der Waals surface area contributed by atoms with Gasteiger partial charge in [0.05, 0.1) is 11.0 Å². The Morgan fingerprint density at radius 3 is 2.61 bits per heavy atom. The maximum atomic E-state index is 12.4. The SMILES string of the molecule is Cn1c(=O)n(N2CCCCC2)c2cccc(Br)c21. The average molecular weight is 310 g/mol. The molecule has 18 heavy (non-hydrogen) atoms. The highest BCUT2D eigenvalue weighted by Gasteiger charge is 2.19. The van der Waals surface area contributed by atoms with Crippen molar-refractivity contribution in [2.75, 3.05) is 18.1 Å². The quantitative estimate of drug-likeness (QED) is 0.808. The molecule has 2 aromatic rings. The molecule has 1 aliphatic rings. The third kappa shape index (κ3) is 1.68. The lowest BCUT2D eigenvalue weighted by molar-refractivity contribution is 0.474. The molecule has 1 fully saturated rings. The predicted molar refractivity (Wildman–Crippen MR) is 76.7 cm³/mol. The van der Waals surface area contributed by atoms with E-state index in [0.29, 0.717) is 0 Å². The molecule has 0 unspecified atom stereocenters. The van der Waals surface area contributed by atoms with Gasteiger partial charge in [0, 0.05) is 24.6 Å². The van der Waals surface area contributed by atoms with Gasteiger partial charge in [-0.05, 0) is 47.3 Å². The molecule has 0 bridgehead atoms. The molecule has 1 aromatic carbocycles. The largest absolute Gasteiger partial charge is 0.347 e. The Labute approximate surface area is 114 Å². The first-order valence-corrected chi connectivity index (χ1v) is 7.10. The van der Waals surface area contributed by atoms with Crippen molar-refractivity contribution in [1.82, 2.24) is 9.24 Å². The molecular weight excluding hydrogens is 294 g/mol. The summed E-state index contributed by atoms with van der Waals surface area (Å²) in [5.41, 5.74) is 1.99. The zero-order valence-corrected chi connectivity index (χ0v) is 12.0. The van der Waals surface area contributed by atoms with Crippen LogP contribution >= 0.6 is 15.9 Å². The van der Waals surface area contributed by atoms with Crippen LogP contribution in [-0.4, -0.2) is 22.3 Å². The van der Waals surface area contributed by atoms with Gasteiger partial charge in [0.1, 0.15) is 0 Å². The van der Waals surface area contributed by atoms with Crippen LogP contribution in [0.25, 0.3) is 11.0 Å².